The molecule has 1 amide bonds. The second-order valence-corrected chi connectivity index (χ2v) is 8.76. The van der Waals surface area contributed by atoms with Gasteiger partial charge in [0.25, 0.3) is 0 Å². The molecule has 0 bridgehead atoms. The predicted octanol–water partition coefficient (Wildman–Crippen LogP) is 2.93. The average Bonchev–Trinajstić information content (AvgIpc) is 3.24. The molecular formula is C21H21F3N4O3S. The zero-order valence-corrected chi connectivity index (χ0v) is 17.8. The molecule has 11 heteroatoms. The van der Waals surface area contributed by atoms with Crippen molar-refractivity contribution in [1.29, 1.82) is 0 Å². The first-order valence-corrected chi connectivity index (χ1v) is 11.1. The number of rotatable bonds is 8. The number of carbonyl (C=O) groups excluding carboxylic acids is 1. The number of nitrogens with one attached hydrogen (secondary N) is 2. The smallest absolute Gasteiger partial charge is 0.351 e. The molecule has 170 valence electrons. The summed E-state index contributed by atoms with van der Waals surface area (Å²) in [5.74, 6) is -0.671. The Hall–Kier alpha value is -3.18. The molecule has 0 unspecified atom stereocenters. The molecule has 0 saturated heterocycles. The van der Waals surface area contributed by atoms with Crippen LogP contribution >= 0.6 is 0 Å². The first-order valence-electron chi connectivity index (χ1n) is 9.58. The predicted molar refractivity (Wildman–Crippen MR) is 111 cm³/mol. The lowest BCUT2D eigenvalue weighted by Crippen LogP contribution is -2.44. The minimum atomic E-state index is -4.85. The Bertz CT molecular complexity index is 1180. The summed E-state index contributed by atoms with van der Waals surface area (Å²) in [5.41, 5.74) is 0.438. The summed E-state index contributed by atoms with van der Waals surface area (Å²) >= 11 is 0. The lowest BCUT2D eigenvalue weighted by molar-refractivity contribution is -0.139. The normalized spacial score (nSPS) is 13.0. The summed E-state index contributed by atoms with van der Waals surface area (Å²) < 4.78 is 68.2. The standard InChI is InChI=1S/C21H21F3N4O3S/c1-15(27-32(30,31)19-9-3-2-8-18(19)21(22,23)24)20(29)25-13-16-6-4-7-17(12-16)14-28-11-5-10-26-28/h2-12,15,27H,13-14H2,1H3,(H,25,29)/t15-/m0/s1. The number of nitrogens with zero attached hydrogens (tertiary/aromatic N) is 2. The zero-order valence-electron chi connectivity index (χ0n) is 17.0. The van der Waals surface area contributed by atoms with E-state index in [0.717, 1.165) is 23.3 Å². The van der Waals surface area contributed by atoms with Crippen molar-refractivity contribution in [2.45, 2.75) is 37.1 Å². The fraction of sp³-hybridized carbons (Fsp3) is 0.238. The van der Waals surface area contributed by atoms with E-state index in [-0.39, 0.29) is 6.54 Å². The molecule has 0 saturated carbocycles. The van der Waals surface area contributed by atoms with Crippen molar-refractivity contribution in [2.24, 2.45) is 0 Å². The van der Waals surface area contributed by atoms with Crippen molar-refractivity contribution in [3.63, 3.8) is 0 Å². The van der Waals surface area contributed by atoms with Gasteiger partial charge in [-0.1, -0.05) is 36.4 Å². The average molecular weight is 466 g/mol. The van der Waals surface area contributed by atoms with E-state index in [9.17, 15) is 26.4 Å². The molecule has 0 radical (unpaired) electrons. The Morgan fingerprint density at radius 3 is 2.50 bits per heavy atom. The van der Waals surface area contributed by atoms with E-state index < -0.39 is 38.6 Å². The highest BCUT2D eigenvalue weighted by atomic mass is 32.2. The number of aromatic nitrogens is 2. The SMILES string of the molecule is C[C@H](NS(=O)(=O)c1ccccc1C(F)(F)F)C(=O)NCc1cccc(Cn2cccn2)c1. The van der Waals surface area contributed by atoms with Gasteiger partial charge in [-0.2, -0.15) is 23.0 Å². The van der Waals surface area contributed by atoms with Crippen molar-refractivity contribution in [2.75, 3.05) is 0 Å². The quantitative estimate of drug-likeness (QED) is 0.534. The van der Waals surface area contributed by atoms with Crippen molar-refractivity contribution >= 4 is 15.9 Å². The second-order valence-electron chi connectivity index (χ2n) is 7.08. The van der Waals surface area contributed by atoms with Crippen molar-refractivity contribution < 1.29 is 26.4 Å². The summed E-state index contributed by atoms with van der Waals surface area (Å²) in [6.07, 6.45) is -1.36. The number of amides is 1. The van der Waals surface area contributed by atoms with E-state index in [1.54, 1.807) is 23.0 Å². The van der Waals surface area contributed by atoms with Gasteiger partial charge >= 0.3 is 6.18 Å². The van der Waals surface area contributed by atoms with Crippen LogP contribution in [0.3, 0.4) is 0 Å². The molecule has 0 fully saturated rings. The maximum atomic E-state index is 13.2. The van der Waals surface area contributed by atoms with E-state index in [1.165, 1.54) is 13.0 Å². The topological polar surface area (TPSA) is 93.1 Å². The van der Waals surface area contributed by atoms with Gasteiger partial charge in [0.1, 0.15) is 0 Å². The zero-order chi connectivity index (χ0) is 23.4. The molecule has 0 aliphatic heterocycles. The summed E-state index contributed by atoms with van der Waals surface area (Å²) in [6.45, 7) is 1.93. The van der Waals surface area contributed by atoms with Gasteiger partial charge in [0, 0.05) is 18.9 Å². The van der Waals surface area contributed by atoms with Crippen LogP contribution in [0.5, 0.6) is 0 Å². The minimum Gasteiger partial charge on any atom is -0.351 e. The van der Waals surface area contributed by atoms with Crippen molar-refractivity contribution in [3.8, 4) is 0 Å². The molecule has 0 aliphatic rings. The highest BCUT2D eigenvalue weighted by molar-refractivity contribution is 7.89. The largest absolute Gasteiger partial charge is 0.417 e. The molecule has 1 heterocycles. The summed E-state index contributed by atoms with van der Waals surface area (Å²) in [6, 6.07) is 11.7. The number of hydrogen-bond donors (Lipinski definition) is 2. The van der Waals surface area contributed by atoms with Crippen LogP contribution in [0.15, 0.2) is 71.9 Å². The molecule has 32 heavy (non-hydrogen) atoms. The molecular weight excluding hydrogens is 445 g/mol. The van der Waals surface area contributed by atoms with Crippen LogP contribution in [0.25, 0.3) is 0 Å². The lowest BCUT2D eigenvalue weighted by Gasteiger charge is -2.17. The van der Waals surface area contributed by atoms with Crippen molar-refractivity contribution in [3.05, 3.63) is 83.7 Å². The molecule has 2 N–H and O–H groups in total. The maximum Gasteiger partial charge on any atom is 0.417 e. The fourth-order valence-electron chi connectivity index (χ4n) is 3.05. The van der Waals surface area contributed by atoms with Crippen LogP contribution in [-0.2, 0) is 34.1 Å². The monoisotopic (exact) mass is 466 g/mol. The molecule has 0 aliphatic carbocycles. The molecule has 2 aromatic carbocycles. The van der Waals surface area contributed by atoms with Gasteiger partial charge in [0.15, 0.2) is 0 Å². The Morgan fingerprint density at radius 1 is 1.09 bits per heavy atom. The highest BCUT2D eigenvalue weighted by Gasteiger charge is 2.37. The third-order valence-corrected chi connectivity index (χ3v) is 6.17. The highest BCUT2D eigenvalue weighted by Crippen LogP contribution is 2.33. The van der Waals surface area contributed by atoms with Gasteiger partial charge in [-0.15, -0.1) is 0 Å². The number of halogens is 3. The van der Waals surface area contributed by atoms with E-state index in [1.807, 2.05) is 29.1 Å². The van der Waals surface area contributed by atoms with E-state index >= 15 is 0 Å². The second kappa shape index (κ2) is 9.53. The molecule has 3 rings (SSSR count). The fourth-order valence-corrected chi connectivity index (χ4v) is 4.48. The summed E-state index contributed by atoms with van der Waals surface area (Å²) in [7, 11) is -4.58. The summed E-state index contributed by atoms with van der Waals surface area (Å²) in [4.78, 5) is 11.4. The first kappa shape index (κ1) is 23.5. The number of alkyl halides is 3. The van der Waals surface area contributed by atoms with Gasteiger partial charge in [-0.25, -0.2) is 8.42 Å². The third-order valence-electron chi connectivity index (χ3n) is 4.57. The number of benzene rings is 2. The molecule has 1 atom stereocenters. The van der Waals surface area contributed by atoms with Gasteiger partial charge in [0.05, 0.1) is 23.0 Å². The number of carbonyl (C=O) groups is 1. The Kier molecular flexibility index (Phi) is 6.99. The van der Waals surface area contributed by atoms with Crippen LogP contribution in [0.4, 0.5) is 13.2 Å². The van der Waals surface area contributed by atoms with Crippen LogP contribution in [0.1, 0.15) is 23.6 Å². The van der Waals surface area contributed by atoms with Crippen molar-refractivity contribution in [1.82, 2.24) is 19.8 Å². The van der Waals surface area contributed by atoms with Crippen LogP contribution in [0.2, 0.25) is 0 Å². The third kappa shape index (κ3) is 5.95. The molecule has 1 aromatic heterocycles. The Balaban J connectivity index is 1.63. The molecule has 7 nitrogen and oxygen atoms in total. The lowest BCUT2D eigenvalue weighted by atomic mass is 10.1. The Labute approximate surface area is 183 Å². The maximum absolute atomic E-state index is 13.2. The van der Waals surface area contributed by atoms with Crippen LogP contribution < -0.4 is 10.0 Å². The van der Waals surface area contributed by atoms with Crippen LogP contribution in [-0.4, -0.2) is 30.1 Å². The molecule has 0 spiro atoms. The number of hydrogen-bond acceptors (Lipinski definition) is 4. The van der Waals surface area contributed by atoms with Gasteiger partial charge in [-0.05, 0) is 36.2 Å². The van der Waals surface area contributed by atoms with Gasteiger partial charge in [0.2, 0.25) is 15.9 Å². The first-order chi connectivity index (χ1) is 15.1. The van der Waals surface area contributed by atoms with Gasteiger partial charge in [-0.3, -0.25) is 9.48 Å². The Morgan fingerprint density at radius 2 is 1.81 bits per heavy atom. The van der Waals surface area contributed by atoms with Crippen LogP contribution in [0, 0.1) is 0 Å². The van der Waals surface area contributed by atoms with E-state index in [0.29, 0.717) is 12.6 Å². The minimum absolute atomic E-state index is 0.122. The van der Waals surface area contributed by atoms with E-state index in [2.05, 4.69) is 10.4 Å². The summed E-state index contributed by atoms with van der Waals surface area (Å²) in [5, 5.41) is 6.72. The molecule has 3 aromatic rings. The number of sulfonamides is 1. The van der Waals surface area contributed by atoms with E-state index in [4.69, 9.17) is 0 Å². The van der Waals surface area contributed by atoms with Gasteiger partial charge < -0.3 is 5.32 Å².